The number of sulfone groups is 1. The molecule has 1 heterocycles. The van der Waals surface area contributed by atoms with Crippen molar-refractivity contribution in [2.24, 2.45) is 0 Å². The van der Waals surface area contributed by atoms with Gasteiger partial charge in [-0.1, -0.05) is 42.5 Å². The van der Waals surface area contributed by atoms with E-state index < -0.39 is 15.9 Å². The van der Waals surface area contributed by atoms with E-state index >= 15 is 0 Å². The topological polar surface area (TPSA) is 93.1 Å². The number of carbonyl (C=O) groups is 1. The van der Waals surface area contributed by atoms with E-state index in [-0.39, 0.29) is 30.7 Å². The molecule has 2 atom stereocenters. The third kappa shape index (κ3) is 6.39. The molecule has 3 aromatic carbocycles. The summed E-state index contributed by atoms with van der Waals surface area (Å²) >= 11 is 0. The van der Waals surface area contributed by atoms with E-state index in [1.165, 1.54) is 0 Å². The number of rotatable bonds is 11. The summed E-state index contributed by atoms with van der Waals surface area (Å²) in [6.45, 7) is 3.05. The van der Waals surface area contributed by atoms with Crippen molar-refractivity contribution in [3.8, 4) is 11.5 Å². The van der Waals surface area contributed by atoms with Crippen LogP contribution in [0.15, 0.2) is 60.7 Å². The van der Waals surface area contributed by atoms with E-state index in [2.05, 4.69) is 23.1 Å². The SMILES string of the molecule is CCOc1cc(C=O)ccc1OCC(O)CN(Cc1cccc2ccccc12)C1CCS(=O)(=O)C1. The van der Waals surface area contributed by atoms with Crippen molar-refractivity contribution in [3.63, 3.8) is 0 Å². The maximum Gasteiger partial charge on any atom is 0.161 e. The number of benzene rings is 3. The van der Waals surface area contributed by atoms with Crippen molar-refractivity contribution in [3.05, 3.63) is 71.8 Å². The molecule has 0 bridgehead atoms. The predicted octanol–water partition coefficient (Wildman–Crippen LogP) is 3.48. The van der Waals surface area contributed by atoms with Gasteiger partial charge in [-0.15, -0.1) is 0 Å². The van der Waals surface area contributed by atoms with Crippen LogP contribution in [0.3, 0.4) is 0 Å². The van der Waals surface area contributed by atoms with Gasteiger partial charge in [0.15, 0.2) is 21.3 Å². The molecule has 8 heteroatoms. The second kappa shape index (κ2) is 11.2. The van der Waals surface area contributed by atoms with E-state index in [0.717, 1.165) is 22.6 Å². The van der Waals surface area contributed by atoms with Crippen LogP contribution in [0.4, 0.5) is 0 Å². The normalized spacial score (nSPS) is 18.0. The molecule has 1 N–H and O–H groups in total. The first kappa shape index (κ1) is 25.2. The van der Waals surface area contributed by atoms with Crippen LogP contribution in [0.1, 0.15) is 29.3 Å². The van der Waals surface area contributed by atoms with E-state index in [0.29, 0.717) is 36.6 Å². The van der Waals surface area contributed by atoms with Gasteiger partial charge in [0.05, 0.1) is 18.1 Å². The molecular formula is C27H31NO6S. The minimum atomic E-state index is -3.08. The van der Waals surface area contributed by atoms with Crippen LogP contribution in [-0.2, 0) is 16.4 Å². The van der Waals surface area contributed by atoms with Crippen molar-refractivity contribution < 1.29 is 27.8 Å². The molecule has 35 heavy (non-hydrogen) atoms. The molecule has 0 aliphatic carbocycles. The monoisotopic (exact) mass is 497 g/mol. The summed E-state index contributed by atoms with van der Waals surface area (Å²) in [5, 5.41) is 13.1. The lowest BCUT2D eigenvalue weighted by Crippen LogP contribution is -2.42. The van der Waals surface area contributed by atoms with Crippen LogP contribution < -0.4 is 9.47 Å². The zero-order valence-corrected chi connectivity index (χ0v) is 20.6. The van der Waals surface area contributed by atoms with E-state index in [4.69, 9.17) is 9.47 Å². The van der Waals surface area contributed by atoms with Crippen molar-refractivity contribution in [2.45, 2.75) is 32.0 Å². The molecule has 186 valence electrons. The van der Waals surface area contributed by atoms with Gasteiger partial charge in [0.1, 0.15) is 19.0 Å². The Morgan fingerprint density at radius 2 is 1.89 bits per heavy atom. The Labute approximate surface area is 206 Å². The smallest absolute Gasteiger partial charge is 0.161 e. The molecule has 0 saturated carbocycles. The molecule has 4 rings (SSSR count). The van der Waals surface area contributed by atoms with Gasteiger partial charge in [-0.3, -0.25) is 9.69 Å². The van der Waals surface area contributed by atoms with Crippen LogP contribution >= 0.6 is 0 Å². The van der Waals surface area contributed by atoms with Gasteiger partial charge in [-0.25, -0.2) is 8.42 Å². The summed E-state index contributed by atoms with van der Waals surface area (Å²) in [5.74, 6) is 1.14. The van der Waals surface area contributed by atoms with E-state index in [9.17, 15) is 18.3 Å². The molecule has 0 amide bonds. The first-order valence-electron chi connectivity index (χ1n) is 11.8. The van der Waals surface area contributed by atoms with Crippen molar-refractivity contribution in [1.29, 1.82) is 0 Å². The highest BCUT2D eigenvalue weighted by molar-refractivity contribution is 7.91. The Bertz CT molecular complexity index is 1270. The maximum atomic E-state index is 12.2. The Hall–Kier alpha value is -2.94. The molecule has 0 aromatic heterocycles. The number of aliphatic hydroxyl groups is 1. The van der Waals surface area contributed by atoms with Gasteiger partial charge in [0.25, 0.3) is 0 Å². The van der Waals surface area contributed by atoms with Crippen LogP contribution in [0.2, 0.25) is 0 Å². The third-order valence-corrected chi connectivity index (χ3v) is 8.01. The summed E-state index contributed by atoms with van der Waals surface area (Å²) in [5.41, 5.74) is 1.56. The molecule has 1 aliphatic rings. The number of hydrogen-bond donors (Lipinski definition) is 1. The summed E-state index contributed by atoms with van der Waals surface area (Å²) in [6.07, 6.45) is 0.429. The quantitative estimate of drug-likeness (QED) is 0.406. The van der Waals surface area contributed by atoms with Crippen LogP contribution in [0.5, 0.6) is 11.5 Å². The number of hydrogen-bond acceptors (Lipinski definition) is 7. The average molecular weight is 498 g/mol. The van der Waals surface area contributed by atoms with Crippen LogP contribution in [0, 0.1) is 0 Å². The second-order valence-electron chi connectivity index (χ2n) is 8.85. The molecule has 2 unspecified atom stereocenters. The largest absolute Gasteiger partial charge is 0.490 e. The molecule has 1 fully saturated rings. The van der Waals surface area contributed by atoms with E-state index in [1.54, 1.807) is 18.2 Å². The fourth-order valence-corrected chi connectivity index (χ4v) is 6.31. The first-order chi connectivity index (χ1) is 16.9. The lowest BCUT2D eigenvalue weighted by atomic mass is 10.0. The summed E-state index contributed by atoms with van der Waals surface area (Å²) < 4.78 is 35.8. The fourth-order valence-electron chi connectivity index (χ4n) is 4.55. The Balaban J connectivity index is 1.50. The number of fused-ring (bicyclic) bond motifs is 1. The average Bonchev–Trinajstić information content (AvgIpc) is 3.22. The van der Waals surface area contributed by atoms with Crippen molar-refractivity contribution >= 4 is 26.9 Å². The maximum absolute atomic E-state index is 12.2. The Morgan fingerprint density at radius 3 is 2.63 bits per heavy atom. The van der Waals surface area contributed by atoms with Crippen LogP contribution in [-0.4, -0.2) is 68.1 Å². The molecular weight excluding hydrogens is 466 g/mol. The number of nitrogens with zero attached hydrogens (tertiary/aromatic N) is 1. The Morgan fingerprint density at radius 1 is 1.09 bits per heavy atom. The lowest BCUT2D eigenvalue weighted by Gasteiger charge is -2.30. The van der Waals surface area contributed by atoms with Gasteiger partial charge in [0.2, 0.25) is 0 Å². The van der Waals surface area contributed by atoms with Crippen molar-refractivity contribution in [1.82, 2.24) is 4.90 Å². The molecule has 1 aliphatic heterocycles. The fraction of sp³-hybridized carbons (Fsp3) is 0.370. The predicted molar refractivity (Wildman–Crippen MR) is 136 cm³/mol. The third-order valence-electron chi connectivity index (χ3n) is 6.26. The highest BCUT2D eigenvalue weighted by Crippen LogP contribution is 2.29. The number of aliphatic hydroxyl groups excluding tert-OH is 1. The first-order valence-corrected chi connectivity index (χ1v) is 13.6. The highest BCUT2D eigenvalue weighted by atomic mass is 32.2. The molecule has 0 radical (unpaired) electrons. The lowest BCUT2D eigenvalue weighted by molar-refractivity contribution is 0.0517. The number of carbonyl (C=O) groups excluding carboxylic acids is 1. The molecule has 1 saturated heterocycles. The molecule has 3 aromatic rings. The molecule has 7 nitrogen and oxygen atoms in total. The second-order valence-corrected chi connectivity index (χ2v) is 11.1. The highest BCUT2D eigenvalue weighted by Gasteiger charge is 2.33. The molecule has 0 spiro atoms. The van der Waals surface area contributed by atoms with Gasteiger partial charge < -0.3 is 14.6 Å². The Kier molecular flexibility index (Phi) is 8.05. The summed E-state index contributed by atoms with van der Waals surface area (Å²) in [7, 11) is -3.08. The summed E-state index contributed by atoms with van der Waals surface area (Å²) in [6, 6.07) is 18.9. The standard InChI is InChI=1S/C27H31NO6S/c1-2-33-27-14-20(17-29)10-11-26(27)34-18-24(30)16-28(23-12-13-35(31,32)19-23)15-22-8-5-7-21-6-3-4-9-25(21)22/h3-11,14,17,23-24,30H,2,12-13,15-16,18-19H2,1H3. The minimum Gasteiger partial charge on any atom is -0.490 e. The van der Waals surface area contributed by atoms with Gasteiger partial charge in [-0.05, 0) is 47.9 Å². The van der Waals surface area contributed by atoms with Crippen LogP contribution in [0.25, 0.3) is 10.8 Å². The van der Waals surface area contributed by atoms with Gasteiger partial charge in [-0.2, -0.15) is 0 Å². The van der Waals surface area contributed by atoms with Gasteiger partial charge in [0, 0.05) is 24.7 Å². The van der Waals surface area contributed by atoms with Gasteiger partial charge >= 0.3 is 0 Å². The van der Waals surface area contributed by atoms with Crippen molar-refractivity contribution in [2.75, 3.05) is 31.3 Å². The van der Waals surface area contributed by atoms with E-state index in [1.807, 2.05) is 31.2 Å². The zero-order valence-electron chi connectivity index (χ0n) is 19.8. The number of aldehydes is 1. The number of ether oxygens (including phenoxy) is 2. The zero-order chi connectivity index (χ0) is 24.8. The minimum absolute atomic E-state index is 0.00597. The summed E-state index contributed by atoms with van der Waals surface area (Å²) in [4.78, 5) is 13.1.